The number of benzene rings is 1. The summed E-state index contributed by atoms with van der Waals surface area (Å²) in [6, 6.07) is 5.99. The smallest absolute Gasteiger partial charge is 0.184 e. The number of ether oxygens (including phenoxy) is 1. The van der Waals surface area contributed by atoms with Crippen molar-refractivity contribution in [1.82, 2.24) is 5.43 Å². The molecule has 1 aromatic rings. The predicted molar refractivity (Wildman–Crippen MR) is 67.8 cm³/mol. The van der Waals surface area contributed by atoms with Crippen LogP contribution < -0.4 is 15.9 Å². The zero-order valence-electron chi connectivity index (χ0n) is 8.99. The summed E-state index contributed by atoms with van der Waals surface area (Å²) in [5, 5.41) is 4.37. The molecule has 1 aromatic carbocycles. The lowest BCUT2D eigenvalue weighted by molar-refractivity contribution is 0.414. The third-order valence-electron chi connectivity index (χ3n) is 2.56. The molecule has 0 saturated heterocycles. The Labute approximate surface area is 99.5 Å². The summed E-state index contributed by atoms with van der Waals surface area (Å²) in [5.74, 6) is 0.877. The lowest BCUT2D eigenvalue weighted by atomic mass is 10.1. The van der Waals surface area contributed by atoms with Crippen LogP contribution in [0.4, 0.5) is 0 Å². The summed E-state index contributed by atoms with van der Waals surface area (Å²) in [4.78, 5) is 0. The third-order valence-corrected chi connectivity index (χ3v) is 2.65. The third kappa shape index (κ3) is 2.14. The molecule has 0 bridgehead atoms. The number of nitrogens with zero attached hydrogens (tertiary/aromatic N) is 1. The zero-order valence-corrected chi connectivity index (χ0v) is 9.80. The fourth-order valence-corrected chi connectivity index (χ4v) is 1.86. The Morgan fingerprint density at radius 1 is 1.50 bits per heavy atom. The minimum absolute atomic E-state index is 0.189. The highest BCUT2D eigenvalue weighted by atomic mass is 32.1. The van der Waals surface area contributed by atoms with Crippen LogP contribution in [0.1, 0.15) is 17.5 Å². The zero-order chi connectivity index (χ0) is 11.5. The van der Waals surface area contributed by atoms with E-state index in [1.54, 1.807) is 7.11 Å². The van der Waals surface area contributed by atoms with E-state index in [-0.39, 0.29) is 5.11 Å². The molecule has 0 atom stereocenters. The van der Waals surface area contributed by atoms with E-state index in [1.165, 1.54) is 5.56 Å². The van der Waals surface area contributed by atoms with Crippen molar-refractivity contribution >= 4 is 23.0 Å². The monoisotopic (exact) mass is 235 g/mol. The van der Waals surface area contributed by atoms with Gasteiger partial charge >= 0.3 is 0 Å². The Bertz CT molecular complexity index is 457. The molecular formula is C11H13N3OS. The highest BCUT2D eigenvalue weighted by Crippen LogP contribution is 2.26. The number of hydrazone groups is 1. The van der Waals surface area contributed by atoms with E-state index in [0.29, 0.717) is 0 Å². The van der Waals surface area contributed by atoms with E-state index < -0.39 is 0 Å². The van der Waals surface area contributed by atoms with E-state index in [4.69, 9.17) is 22.7 Å². The van der Waals surface area contributed by atoms with Gasteiger partial charge in [-0.25, -0.2) is 0 Å². The molecule has 84 valence electrons. The molecular weight excluding hydrogens is 222 g/mol. The first-order chi connectivity index (χ1) is 7.70. The van der Waals surface area contributed by atoms with Gasteiger partial charge in [-0.15, -0.1) is 0 Å². The van der Waals surface area contributed by atoms with Gasteiger partial charge in [0.2, 0.25) is 0 Å². The van der Waals surface area contributed by atoms with Gasteiger partial charge in [-0.2, -0.15) is 5.10 Å². The largest absolute Gasteiger partial charge is 0.497 e. The van der Waals surface area contributed by atoms with Gasteiger partial charge in [-0.1, -0.05) is 0 Å². The molecule has 0 heterocycles. The normalized spacial score (nSPS) is 15.9. The number of fused-ring (bicyclic) bond motifs is 1. The first-order valence-electron chi connectivity index (χ1n) is 5.00. The molecule has 0 aliphatic heterocycles. The summed E-state index contributed by atoms with van der Waals surface area (Å²) in [7, 11) is 1.67. The number of nitrogens with two attached hydrogens (primary N) is 1. The Kier molecular flexibility index (Phi) is 3.05. The molecule has 0 saturated carbocycles. The quantitative estimate of drug-likeness (QED) is 0.597. The van der Waals surface area contributed by atoms with Gasteiger partial charge in [0.05, 0.1) is 12.8 Å². The lowest BCUT2D eigenvalue weighted by Gasteiger charge is -2.04. The van der Waals surface area contributed by atoms with E-state index in [0.717, 1.165) is 29.9 Å². The maximum absolute atomic E-state index is 5.33. The molecule has 4 nitrogen and oxygen atoms in total. The number of thiocarbonyl (C=S) groups is 1. The number of hydrogen-bond donors (Lipinski definition) is 2. The minimum Gasteiger partial charge on any atom is -0.497 e. The van der Waals surface area contributed by atoms with E-state index in [1.807, 2.05) is 18.2 Å². The van der Waals surface area contributed by atoms with Gasteiger partial charge in [0.25, 0.3) is 0 Å². The molecule has 0 aromatic heterocycles. The first-order valence-corrected chi connectivity index (χ1v) is 5.41. The fraction of sp³-hybridized carbons (Fsp3) is 0.273. The molecule has 1 aliphatic carbocycles. The van der Waals surface area contributed by atoms with E-state index in [2.05, 4.69) is 10.5 Å². The second kappa shape index (κ2) is 4.49. The van der Waals surface area contributed by atoms with Crippen molar-refractivity contribution in [3.05, 3.63) is 29.3 Å². The van der Waals surface area contributed by atoms with Crippen molar-refractivity contribution in [2.45, 2.75) is 12.8 Å². The number of nitrogens with one attached hydrogen (secondary N) is 1. The molecule has 0 unspecified atom stereocenters. The van der Waals surface area contributed by atoms with Crippen LogP contribution >= 0.6 is 12.2 Å². The van der Waals surface area contributed by atoms with Crippen LogP contribution in [0.5, 0.6) is 5.75 Å². The SMILES string of the molecule is COc1ccc2c(c1)CC/C2=N\NC(N)=S. The molecule has 0 spiro atoms. The van der Waals surface area contributed by atoms with Gasteiger partial charge in [-0.05, 0) is 48.8 Å². The molecule has 0 radical (unpaired) electrons. The molecule has 16 heavy (non-hydrogen) atoms. The lowest BCUT2D eigenvalue weighted by Crippen LogP contribution is -2.25. The van der Waals surface area contributed by atoms with Crippen LogP contribution in [0.15, 0.2) is 23.3 Å². The summed E-state index contributed by atoms with van der Waals surface area (Å²) in [6.45, 7) is 0. The number of aryl methyl sites for hydroxylation is 1. The van der Waals surface area contributed by atoms with Crippen molar-refractivity contribution in [2.24, 2.45) is 10.8 Å². The average Bonchev–Trinajstić information content (AvgIpc) is 2.68. The maximum Gasteiger partial charge on any atom is 0.184 e. The van der Waals surface area contributed by atoms with Gasteiger partial charge < -0.3 is 10.5 Å². The molecule has 2 rings (SSSR count). The van der Waals surface area contributed by atoms with Crippen molar-refractivity contribution in [2.75, 3.05) is 7.11 Å². The first kappa shape index (κ1) is 10.9. The maximum atomic E-state index is 5.33. The van der Waals surface area contributed by atoms with Crippen LogP contribution in [-0.4, -0.2) is 17.9 Å². The number of rotatable bonds is 2. The van der Waals surface area contributed by atoms with Gasteiger partial charge in [0.15, 0.2) is 5.11 Å². The fourth-order valence-electron chi connectivity index (χ4n) is 1.81. The second-order valence-electron chi connectivity index (χ2n) is 3.56. The molecule has 1 aliphatic rings. The van der Waals surface area contributed by atoms with Gasteiger partial charge in [0, 0.05) is 5.56 Å². The molecule has 0 amide bonds. The van der Waals surface area contributed by atoms with Crippen LogP contribution in [0.25, 0.3) is 0 Å². The van der Waals surface area contributed by atoms with Crippen LogP contribution in [0.2, 0.25) is 0 Å². The van der Waals surface area contributed by atoms with E-state index in [9.17, 15) is 0 Å². The Hall–Kier alpha value is -1.62. The highest BCUT2D eigenvalue weighted by molar-refractivity contribution is 7.80. The van der Waals surface area contributed by atoms with Gasteiger partial charge in [0.1, 0.15) is 5.75 Å². The van der Waals surface area contributed by atoms with Crippen LogP contribution in [0.3, 0.4) is 0 Å². The van der Waals surface area contributed by atoms with Gasteiger partial charge in [-0.3, -0.25) is 5.43 Å². The topological polar surface area (TPSA) is 59.6 Å². The Morgan fingerprint density at radius 2 is 2.31 bits per heavy atom. The Morgan fingerprint density at radius 3 is 3.00 bits per heavy atom. The summed E-state index contributed by atoms with van der Waals surface area (Å²) in [5.41, 5.74) is 11.3. The van der Waals surface area contributed by atoms with Crippen molar-refractivity contribution in [3.63, 3.8) is 0 Å². The van der Waals surface area contributed by atoms with Crippen LogP contribution in [-0.2, 0) is 6.42 Å². The van der Waals surface area contributed by atoms with Crippen LogP contribution in [0, 0.1) is 0 Å². The van der Waals surface area contributed by atoms with Crippen molar-refractivity contribution < 1.29 is 4.74 Å². The standard InChI is InChI=1S/C11H13N3OS/c1-15-8-3-4-9-7(6-8)2-5-10(9)13-14-11(12)16/h3-4,6H,2,5H2,1H3,(H3,12,14,16)/b13-10+. The average molecular weight is 235 g/mol. The number of methoxy groups -OCH3 is 1. The summed E-state index contributed by atoms with van der Waals surface area (Å²) < 4.78 is 5.18. The Balaban J connectivity index is 2.26. The van der Waals surface area contributed by atoms with E-state index >= 15 is 0 Å². The summed E-state index contributed by atoms with van der Waals surface area (Å²) >= 11 is 4.71. The number of hydrogen-bond acceptors (Lipinski definition) is 3. The summed E-state index contributed by atoms with van der Waals surface area (Å²) in [6.07, 6.45) is 1.88. The van der Waals surface area contributed by atoms with Crippen molar-refractivity contribution in [3.8, 4) is 5.75 Å². The second-order valence-corrected chi connectivity index (χ2v) is 4.00. The highest BCUT2D eigenvalue weighted by Gasteiger charge is 2.18. The molecule has 5 heteroatoms. The molecule has 3 N–H and O–H groups in total. The predicted octanol–water partition coefficient (Wildman–Crippen LogP) is 1.18. The minimum atomic E-state index is 0.189. The van der Waals surface area contributed by atoms with Crippen molar-refractivity contribution in [1.29, 1.82) is 0 Å². The molecule has 0 fully saturated rings.